The molecular weight excluding hydrogens is 486 g/mol. The Labute approximate surface area is 209 Å². The number of aromatic nitrogens is 2. The van der Waals surface area contributed by atoms with Crippen LogP contribution in [0.4, 0.5) is 5.69 Å². The number of ether oxygens (including phenoxy) is 1. The number of methoxy groups -OCH3 is 1. The van der Waals surface area contributed by atoms with E-state index in [0.29, 0.717) is 16.9 Å². The molecule has 3 aromatic rings. The number of amides is 1. The number of phenolic OH excluding ortho intramolecular Hbond substituents is 1. The lowest BCUT2D eigenvalue weighted by Crippen LogP contribution is -2.28. The second-order valence-corrected chi connectivity index (χ2v) is 9.00. The van der Waals surface area contributed by atoms with Gasteiger partial charge in [0, 0.05) is 7.05 Å². The summed E-state index contributed by atoms with van der Waals surface area (Å²) in [5.74, 6) is -1.54. The van der Waals surface area contributed by atoms with Gasteiger partial charge >= 0.3 is 5.97 Å². The van der Waals surface area contributed by atoms with E-state index >= 15 is 0 Å². The number of carboxylic acids is 1. The lowest BCUT2D eigenvalue weighted by atomic mass is 10.2. The molecule has 1 atom stereocenters. The van der Waals surface area contributed by atoms with Gasteiger partial charge in [0.25, 0.3) is 11.5 Å². The molecule has 0 radical (unpaired) electrons. The molecule has 4 rings (SSSR count). The number of amidine groups is 1. The number of carbonyl (C=O) groups excluding carboxylic acids is 1. The van der Waals surface area contributed by atoms with Gasteiger partial charge in [-0.25, -0.2) is 9.67 Å². The maximum Gasteiger partial charge on any atom is 0.305 e. The van der Waals surface area contributed by atoms with Gasteiger partial charge in [0.1, 0.15) is 5.25 Å². The largest absolute Gasteiger partial charge is 0.504 e. The fourth-order valence-corrected chi connectivity index (χ4v) is 4.67. The van der Waals surface area contributed by atoms with Crippen LogP contribution >= 0.6 is 11.8 Å². The predicted octanol–water partition coefficient (Wildman–Crippen LogP) is 2.64. The van der Waals surface area contributed by atoms with E-state index in [1.165, 1.54) is 30.1 Å². The zero-order valence-corrected chi connectivity index (χ0v) is 20.5. The first kappa shape index (κ1) is 24.8. The third kappa shape index (κ3) is 4.75. The first-order valence-electron chi connectivity index (χ1n) is 10.8. The molecule has 0 aliphatic carbocycles. The molecule has 2 N–H and O–H groups in total. The SMILES string of the molecule is COc1cc(/C=N/N2C(=O)[C@H](CC(=O)O)SC2=Nc2c(C)n(C)n(-c3ccccc3)c2=O)ccc1O. The van der Waals surface area contributed by atoms with E-state index in [9.17, 15) is 24.6 Å². The number of para-hydroxylation sites is 1. The number of aliphatic imine (C=N–C) groups is 1. The average molecular weight is 510 g/mol. The third-order valence-electron chi connectivity index (χ3n) is 5.53. The Bertz CT molecular complexity index is 1440. The molecule has 1 aliphatic heterocycles. The van der Waals surface area contributed by atoms with Crippen LogP contribution in [0.3, 0.4) is 0 Å². The minimum absolute atomic E-state index is 0.0551. The van der Waals surface area contributed by atoms with Gasteiger partial charge in [0.05, 0.1) is 31.1 Å². The van der Waals surface area contributed by atoms with Gasteiger partial charge in [0.2, 0.25) is 0 Å². The smallest absolute Gasteiger partial charge is 0.305 e. The van der Waals surface area contributed by atoms with Crippen molar-refractivity contribution in [1.82, 2.24) is 14.4 Å². The number of carboxylic acid groups (broad SMARTS) is 1. The van der Waals surface area contributed by atoms with Crippen LogP contribution in [0.1, 0.15) is 17.7 Å². The maximum atomic E-state index is 13.3. The molecule has 1 aliphatic rings. The van der Waals surface area contributed by atoms with Crippen LogP contribution in [0, 0.1) is 6.92 Å². The van der Waals surface area contributed by atoms with Crippen LogP contribution in [0.5, 0.6) is 11.5 Å². The molecule has 186 valence electrons. The van der Waals surface area contributed by atoms with Crippen molar-refractivity contribution in [2.45, 2.75) is 18.6 Å². The number of carbonyl (C=O) groups is 2. The highest BCUT2D eigenvalue weighted by Crippen LogP contribution is 2.32. The fourth-order valence-electron chi connectivity index (χ4n) is 3.60. The number of hydrazone groups is 1. The first-order chi connectivity index (χ1) is 17.2. The van der Waals surface area contributed by atoms with E-state index in [4.69, 9.17) is 4.74 Å². The molecule has 1 saturated heterocycles. The summed E-state index contributed by atoms with van der Waals surface area (Å²) < 4.78 is 8.21. The van der Waals surface area contributed by atoms with Crippen molar-refractivity contribution < 1.29 is 24.5 Å². The summed E-state index contributed by atoms with van der Waals surface area (Å²) in [5, 5.41) is 23.4. The number of hydrogen-bond donors (Lipinski definition) is 2. The van der Waals surface area contributed by atoms with E-state index in [2.05, 4.69) is 10.1 Å². The summed E-state index contributed by atoms with van der Waals surface area (Å²) in [6.07, 6.45) is 0.933. The van der Waals surface area contributed by atoms with Crippen LogP contribution < -0.4 is 10.3 Å². The Morgan fingerprint density at radius 3 is 2.58 bits per heavy atom. The monoisotopic (exact) mass is 509 g/mol. The summed E-state index contributed by atoms with van der Waals surface area (Å²) in [6, 6.07) is 13.6. The third-order valence-corrected chi connectivity index (χ3v) is 6.66. The van der Waals surface area contributed by atoms with Crippen molar-refractivity contribution in [1.29, 1.82) is 0 Å². The average Bonchev–Trinajstić information content (AvgIpc) is 3.26. The number of rotatable bonds is 7. The molecular formula is C24H23N5O6S. The lowest BCUT2D eigenvalue weighted by molar-refractivity contribution is -0.139. The Morgan fingerprint density at radius 1 is 1.19 bits per heavy atom. The second-order valence-electron chi connectivity index (χ2n) is 7.83. The van der Waals surface area contributed by atoms with Crippen LogP contribution in [0.25, 0.3) is 5.69 Å². The standard InChI is InChI=1S/C24H23N5O6S/c1-14-21(23(34)29(27(14)2)16-7-5-4-6-8-16)26-24-28(22(33)19(36-24)12-20(31)32)25-13-15-9-10-17(30)18(11-15)35-3/h4-11,13,19,30H,12H2,1-3H3,(H,31,32)/b25-13+,26-24?/t19-/m0/s1. The molecule has 2 heterocycles. The van der Waals surface area contributed by atoms with Crippen LogP contribution in [-0.4, -0.2) is 60.2 Å². The second kappa shape index (κ2) is 10.1. The van der Waals surface area contributed by atoms with Crippen molar-refractivity contribution in [3.63, 3.8) is 0 Å². The summed E-state index contributed by atoms with van der Waals surface area (Å²) >= 11 is 0.933. The van der Waals surface area contributed by atoms with E-state index in [1.807, 2.05) is 18.2 Å². The lowest BCUT2D eigenvalue weighted by Gasteiger charge is -2.09. The Morgan fingerprint density at radius 2 is 1.92 bits per heavy atom. The number of aromatic hydroxyl groups is 1. The minimum Gasteiger partial charge on any atom is -0.504 e. The van der Waals surface area contributed by atoms with Crippen molar-refractivity contribution in [3.8, 4) is 17.2 Å². The molecule has 1 fully saturated rings. The van der Waals surface area contributed by atoms with E-state index in [0.717, 1.165) is 16.8 Å². The Kier molecular flexibility index (Phi) is 6.97. The molecule has 12 heteroatoms. The van der Waals surface area contributed by atoms with Gasteiger partial charge in [-0.1, -0.05) is 30.0 Å². The van der Waals surface area contributed by atoms with Gasteiger partial charge in [-0.3, -0.25) is 19.1 Å². The predicted molar refractivity (Wildman–Crippen MR) is 136 cm³/mol. The van der Waals surface area contributed by atoms with Crippen LogP contribution in [-0.2, 0) is 16.6 Å². The van der Waals surface area contributed by atoms with Crippen LogP contribution in [0.2, 0.25) is 0 Å². The van der Waals surface area contributed by atoms with Gasteiger partial charge in [-0.15, -0.1) is 0 Å². The highest BCUT2D eigenvalue weighted by molar-refractivity contribution is 8.15. The van der Waals surface area contributed by atoms with Crippen molar-refractivity contribution >= 4 is 40.7 Å². The number of benzene rings is 2. The first-order valence-corrected chi connectivity index (χ1v) is 11.6. The van der Waals surface area contributed by atoms with Gasteiger partial charge < -0.3 is 14.9 Å². The van der Waals surface area contributed by atoms with Crippen molar-refractivity contribution in [2.75, 3.05) is 7.11 Å². The van der Waals surface area contributed by atoms with Gasteiger partial charge in [0.15, 0.2) is 22.4 Å². The van der Waals surface area contributed by atoms with E-state index < -0.39 is 29.1 Å². The topological polar surface area (TPSA) is 139 Å². The van der Waals surface area contributed by atoms with E-state index in [1.54, 1.807) is 36.9 Å². The van der Waals surface area contributed by atoms with Crippen molar-refractivity contribution in [2.24, 2.45) is 17.1 Å². The molecule has 0 saturated carbocycles. The molecule has 0 bridgehead atoms. The highest BCUT2D eigenvalue weighted by atomic mass is 32.2. The van der Waals surface area contributed by atoms with Gasteiger partial charge in [-0.05, 0) is 42.8 Å². The summed E-state index contributed by atoms with van der Waals surface area (Å²) in [7, 11) is 3.13. The summed E-state index contributed by atoms with van der Waals surface area (Å²) in [5.41, 5.74) is 1.44. The summed E-state index contributed by atoms with van der Waals surface area (Å²) in [4.78, 5) is 42.1. The fraction of sp³-hybridized carbons (Fsp3) is 0.208. The molecule has 1 amide bonds. The summed E-state index contributed by atoms with van der Waals surface area (Å²) in [6.45, 7) is 1.73. The highest BCUT2D eigenvalue weighted by Gasteiger charge is 2.40. The molecule has 0 unspecified atom stereocenters. The number of aliphatic carboxylic acids is 1. The Hall–Kier alpha value is -4.32. The number of thioether (sulfide) groups is 1. The number of phenols is 1. The molecule has 11 nitrogen and oxygen atoms in total. The number of nitrogens with zero attached hydrogens (tertiary/aromatic N) is 5. The number of hydrogen-bond acceptors (Lipinski definition) is 8. The molecule has 36 heavy (non-hydrogen) atoms. The minimum atomic E-state index is -1.14. The van der Waals surface area contributed by atoms with Crippen molar-refractivity contribution in [3.05, 3.63) is 70.1 Å². The quantitative estimate of drug-likeness (QED) is 0.467. The Balaban J connectivity index is 1.76. The van der Waals surface area contributed by atoms with Crippen LogP contribution in [0.15, 0.2) is 63.4 Å². The molecule has 1 aromatic heterocycles. The maximum absolute atomic E-state index is 13.3. The normalized spacial score (nSPS) is 16.9. The zero-order chi connectivity index (χ0) is 26.0. The zero-order valence-electron chi connectivity index (χ0n) is 19.7. The molecule has 0 spiro atoms. The van der Waals surface area contributed by atoms with Gasteiger partial charge in [-0.2, -0.15) is 10.1 Å². The molecule has 2 aromatic carbocycles. The van der Waals surface area contributed by atoms with E-state index in [-0.39, 0.29) is 22.4 Å².